The molecular formula is C26H32O8. The van der Waals surface area contributed by atoms with Crippen molar-refractivity contribution in [3.8, 4) is 17.2 Å². The van der Waals surface area contributed by atoms with Crippen LogP contribution in [0.1, 0.15) is 31.2 Å². The van der Waals surface area contributed by atoms with E-state index >= 15 is 0 Å². The fourth-order valence-corrected chi connectivity index (χ4v) is 3.71. The highest BCUT2D eigenvalue weighted by Gasteiger charge is 2.32. The Labute approximate surface area is 200 Å². The highest BCUT2D eigenvalue weighted by Crippen LogP contribution is 2.31. The van der Waals surface area contributed by atoms with Crippen LogP contribution in [0.4, 0.5) is 0 Å². The Kier molecular flexibility index (Phi) is 10.3. The summed E-state index contributed by atoms with van der Waals surface area (Å²) in [6.45, 7) is 1.61. The number of carbonyl (C=O) groups excluding carboxylic acids is 2. The molecule has 1 aliphatic carbocycles. The number of benzene rings is 2. The summed E-state index contributed by atoms with van der Waals surface area (Å²) in [6.07, 6.45) is 2.36. The SMILES string of the molecule is COCCOc1ccc(OC(=O)[C@H]2CC[C@H](C(=O)Oc3ccc(COCOC)cc3)CC2)cc1. The normalized spacial score (nSPS) is 17.7. The molecule has 0 spiro atoms. The van der Waals surface area contributed by atoms with Gasteiger partial charge < -0.3 is 28.4 Å². The number of esters is 2. The lowest BCUT2D eigenvalue weighted by molar-refractivity contribution is -0.145. The maximum atomic E-state index is 12.6. The molecule has 184 valence electrons. The first-order valence-electron chi connectivity index (χ1n) is 11.4. The zero-order chi connectivity index (χ0) is 24.2. The number of hydrogen-bond donors (Lipinski definition) is 0. The standard InChI is InChI=1S/C26H32O8/c1-29-15-16-32-22-11-13-24(14-12-22)34-26(28)21-7-5-20(6-8-21)25(27)33-23-9-3-19(4-10-23)17-31-18-30-2/h3-4,9-14,20-21H,5-8,15-18H2,1-2H3/t20-,21-. The van der Waals surface area contributed by atoms with Gasteiger partial charge in [-0.3, -0.25) is 9.59 Å². The Morgan fingerprint density at radius 3 is 1.71 bits per heavy atom. The number of hydrogen-bond acceptors (Lipinski definition) is 8. The summed E-state index contributed by atoms with van der Waals surface area (Å²) in [4.78, 5) is 25.1. The second-order valence-corrected chi connectivity index (χ2v) is 8.10. The predicted octanol–water partition coefficient (Wildman–Crippen LogP) is 4.15. The van der Waals surface area contributed by atoms with Gasteiger partial charge in [0.15, 0.2) is 0 Å². The van der Waals surface area contributed by atoms with E-state index < -0.39 is 0 Å². The summed E-state index contributed by atoms with van der Waals surface area (Å²) >= 11 is 0. The predicted molar refractivity (Wildman–Crippen MR) is 124 cm³/mol. The van der Waals surface area contributed by atoms with Crippen LogP contribution in [0.25, 0.3) is 0 Å². The maximum Gasteiger partial charge on any atom is 0.314 e. The Morgan fingerprint density at radius 1 is 0.706 bits per heavy atom. The van der Waals surface area contributed by atoms with Gasteiger partial charge in [0, 0.05) is 14.2 Å². The van der Waals surface area contributed by atoms with E-state index in [1.54, 1.807) is 50.6 Å². The van der Waals surface area contributed by atoms with Crippen LogP contribution in [0.3, 0.4) is 0 Å². The molecule has 1 fully saturated rings. The van der Waals surface area contributed by atoms with Crippen molar-refractivity contribution in [1.29, 1.82) is 0 Å². The molecule has 3 rings (SSSR count). The molecule has 34 heavy (non-hydrogen) atoms. The third-order valence-electron chi connectivity index (χ3n) is 5.60. The van der Waals surface area contributed by atoms with Crippen molar-refractivity contribution in [3.63, 3.8) is 0 Å². The van der Waals surface area contributed by atoms with Gasteiger partial charge in [-0.25, -0.2) is 0 Å². The Morgan fingerprint density at radius 2 is 1.21 bits per heavy atom. The molecule has 0 atom stereocenters. The molecule has 8 heteroatoms. The molecule has 2 aromatic rings. The van der Waals surface area contributed by atoms with E-state index in [0.717, 1.165) is 5.56 Å². The zero-order valence-electron chi connectivity index (χ0n) is 19.7. The first-order valence-corrected chi connectivity index (χ1v) is 11.4. The lowest BCUT2D eigenvalue weighted by atomic mass is 9.82. The number of methoxy groups -OCH3 is 2. The lowest BCUT2D eigenvalue weighted by Crippen LogP contribution is -2.30. The van der Waals surface area contributed by atoms with E-state index in [2.05, 4.69) is 0 Å². The van der Waals surface area contributed by atoms with Crippen molar-refractivity contribution in [2.75, 3.05) is 34.2 Å². The maximum absolute atomic E-state index is 12.6. The summed E-state index contributed by atoms with van der Waals surface area (Å²) in [5.74, 6) is 0.666. The highest BCUT2D eigenvalue weighted by molar-refractivity contribution is 5.77. The van der Waals surface area contributed by atoms with Crippen molar-refractivity contribution < 1.29 is 38.0 Å². The molecule has 0 unspecified atom stereocenters. The van der Waals surface area contributed by atoms with Gasteiger partial charge in [0.2, 0.25) is 0 Å². The molecule has 0 aromatic heterocycles. The number of carbonyl (C=O) groups is 2. The molecule has 1 saturated carbocycles. The molecule has 0 N–H and O–H groups in total. The van der Waals surface area contributed by atoms with Crippen molar-refractivity contribution in [2.45, 2.75) is 32.3 Å². The lowest BCUT2D eigenvalue weighted by Gasteiger charge is -2.25. The van der Waals surface area contributed by atoms with Crippen molar-refractivity contribution in [3.05, 3.63) is 54.1 Å². The van der Waals surface area contributed by atoms with E-state index in [1.807, 2.05) is 12.1 Å². The number of ether oxygens (including phenoxy) is 6. The first-order chi connectivity index (χ1) is 16.6. The van der Waals surface area contributed by atoms with Gasteiger partial charge in [-0.15, -0.1) is 0 Å². The molecule has 2 aromatic carbocycles. The van der Waals surface area contributed by atoms with Crippen molar-refractivity contribution in [1.82, 2.24) is 0 Å². The minimum absolute atomic E-state index is 0.225. The Balaban J connectivity index is 1.40. The van der Waals surface area contributed by atoms with E-state index in [9.17, 15) is 9.59 Å². The minimum atomic E-state index is -0.272. The fourth-order valence-electron chi connectivity index (χ4n) is 3.71. The van der Waals surface area contributed by atoms with E-state index in [0.29, 0.717) is 62.8 Å². The van der Waals surface area contributed by atoms with E-state index in [4.69, 9.17) is 28.4 Å². The monoisotopic (exact) mass is 472 g/mol. The first kappa shape index (κ1) is 25.7. The second-order valence-electron chi connectivity index (χ2n) is 8.10. The van der Waals surface area contributed by atoms with Crippen LogP contribution in [0.15, 0.2) is 48.5 Å². The van der Waals surface area contributed by atoms with Gasteiger partial charge in [0.25, 0.3) is 0 Å². The van der Waals surface area contributed by atoms with Crippen LogP contribution < -0.4 is 14.2 Å². The molecule has 0 heterocycles. The average Bonchev–Trinajstić information content (AvgIpc) is 2.86. The van der Waals surface area contributed by atoms with Gasteiger partial charge in [0.1, 0.15) is 30.6 Å². The quantitative estimate of drug-likeness (QED) is 0.197. The van der Waals surface area contributed by atoms with Crippen LogP contribution in [-0.2, 0) is 30.4 Å². The van der Waals surface area contributed by atoms with E-state index in [-0.39, 0.29) is 30.6 Å². The molecule has 0 aliphatic heterocycles. The smallest absolute Gasteiger partial charge is 0.314 e. The van der Waals surface area contributed by atoms with Gasteiger partial charge in [-0.05, 0) is 67.6 Å². The third kappa shape index (κ3) is 8.13. The summed E-state index contributed by atoms with van der Waals surface area (Å²) in [5, 5.41) is 0. The molecule has 8 nitrogen and oxygen atoms in total. The molecule has 1 aliphatic rings. The summed E-state index contributed by atoms with van der Waals surface area (Å²) in [5.41, 5.74) is 0.962. The largest absolute Gasteiger partial charge is 0.491 e. The second kappa shape index (κ2) is 13.7. The van der Waals surface area contributed by atoms with Crippen LogP contribution in [0.5, 0.6) is 17.2 Å². The third-order valence-corrected chi connectivity index (χ3v) is 5.60. The fraction of sp³-hybridized carbons (Fsp3) is 0.462. The minimum Gasteiger partial charge on any atom is -0.491 e. The summed E-state index contributed by atoms with van der Waals surface area (Å²) < 4.78 is 31.7. The molecule has 0 amide bonds. The molecule has 0 saturated heterocycles. The van der Waals surface area contributed by atoms with Gasteiger partial charge in [0.05, 0.1) is 25.0 Å². The van der Waals surface area contributed by atoms with E-state index in [1.165, 1.54) is 0 Å². The Hall–Kier alpha value is -2.94. The molecule has 0 radical (unpaired) electrons. The molecular weight excluding hydrogens is 440 g/mol. The topological polar surface area (TPSA) is 89.5 Å². The molecule has 0 bridgehead atoms. The summed E-state index contributed by atoms with van der Waals surface area (Å²) in [7, 11) is 3.18. The van der Waals surface area contributed by atoms with Crippen LogP contribution >= 0.6 is 0 Å². The Bertz CT molecular complexity index is 811. The van der Waals surface area contributed by atoms with Crippen LogP contribution in [0.2, 0.25) is 0 Å². The van der Waals surface area contributed by atoms with Gasteiger partial charge in [-0.2, -0.15) is 0 Å². The highest BCUT2D eigenvalue weighted by atomic mass is 16.7. The van der Waals surface area contributed by atoms with Crippen LogP contribution in [-0.4, -0.2) is 46.2 Å². The average molecular weight is 473 g/mol. The zero-order valence-corrected chi connectivity index (χ0v) is 19.7. The summed E-state index contributed by atoms with van der Waals surface area (Å²) in [6, 6.07) is 14.1. The van der Waals surface area contributed by atoms with Gasteiger partial charge in [-0.1, -0.05) is 12.1 Å². The van der Waals surface area contributed by atoms with Gasteiger partial charge >= 0.3 is 11.9 Å². The van der Waals surface area contributed by atoms with Crippen molar-refractivity contribution >= 4 is 11.9 Å². The number of rotatable bonds is 12. The van der Waals surface area contributed by atoms with Crippen molar-refractivity contribution in [2.24, 2.45) is 11.8 Å². The van der Waals surface area contributed by atoms with Crippen LogP contribution in [0, 0.1) is 11.8 Å².